The van der Waals surface area contributed by atoms with Crippen molar-refractivity contribution in [2.45, 2.75) is 90.9 Å². The van der Waals surface area contributed by atoms with Crippen molar-refractivity contribution in [3.05, 3.63) is 31.8 Å². The molecule has 0 unspecified atom stereocenters. The van der Waals surface area contributed by atoms with Crippen LogP contribution in [-0.4, -0.2) is 13.2 Å². The lowest BCUT2D eigenvalue weighted by atomic mass is 10.0. The molecule has 0 spiro atoms. The summed E-state index contributed by atoms with van der Waals surface area (Å²) in [4.78, 5) is 0. The highest BCUT2D eigenvalue weighted by atomic mass is 79.9. The molecule has 2 aromatic heterocycles. The standard InChI is InChI=1S/C30H38Br2O2S2/c1-3-5-7-9-11-13-15-33-25-17-21-22(18-26(25)34-16-14-12-10-8-6-4-2)30-24(20-28(32)36-30)23-19-27(31)35-29(21)23/h17-20H,3-16H2,1-2H3. The van der Waals surface area contributed by atoms with Crippen LogP contribution in [0.1, 0.15) is 90.9 Å². The third kappa shape index (κ3) is 7.18. The molecule has 0 saturated carbocycles. The maximum Gasteiger partial charge on any atom is 0.161 e. The number of benzene rings is 2. The van der Waals surface area contributed by atoms with E-state index in [0.717, 1.165) is 45.1 Å². The Kier molecular flexibility index (Phi) is 11.3. The second-order valence-electron chi connectivity index (χ2n) is 9.66. The van der Waals surface area contributed by atoms with Crippen molar-refractivity contribution >= 4 is 85.5 Å². The molecule has 0 aliphatic rings. The van der Waals surface area contributed by atoms with Crippen LogP contribution in [-0.2, 0) is 0 Å². The molecule has 2 nitrogen and oxygen atoms in total. The molecule has 2 heterocycles. The Hall–Kier alpha value is -0.820. The topological polar surface area (TPSA) is 18.5 Å². The molecule has 0 N–H and O–H groups in total. The average molecular weight is 655 g/mol. The molecule has 0 saturated heterocycles. The zero-order valence-corrected chi connectivity index (χ0v) is 26.4. The van der Waals surface area contributed by atoms with Gasteiger partial charge in [-0.3, -0.25) is 0 Å². The van der Waals surface area contributed by atoms with E-state index in [1.165, 1.54) is 95.2 Å². The fourth-order valence-electron chi connectivity index (χ4n) is 4.81. The molecule has 196 valence electrons. The zero-order valence-electron chi connectivity index (χ0n) is 21.6. The molecule has 0 aliphatic heterocycles. The first kappa shape index (κ1) is 28.2. The molecule has 6 heteroatoms. The van der Waals surface area contributed by atoms with E-state index in [9.17, 15) is 0 Å². The van der Waals surface area contributed by atoms with Crippen LogP contribution in [0.15, 0.2) is 31.8 Å². The molecular weight excluding hydrogens is 616 g/mol. The van der Waals surface area contributed by atoms with E-state index in [-0.39, 0.29) is 0 Å². The van der Waals surface area contributed by atoms with Crippen molar-refractivity contribution in [1.82, 2.24) is 0 Å². The Bertz CT molecular complexity index is 1160. The summed E-state index contributed by atoms with van der Waals surface area (Å²) in [6.45, 7) is 6.02. The minimum atomic E-state index is 0.745. The van der Waals surface area contributed by atoms with E-state index in [4.69, 9.17) is 9.47 Å². The molecule has 0 radical (unpaired) electrons. The van der Waals surface area contributed by atoms with Gasteiger partial charge in [0.15, 0.2) is 11.5 Å². The quantitative estimate of drug-likeness (QED) is 0.112. The number of unbranched alkanes of at least 4 members (excludes halogenated alkanes) is 10. The lowest BCUT2D eigenvalue weighted by Crippen LogP contribution is -2.03. The number of fused-ring (bicyclic) bond motifs is 6. The first-order chi connectivity index (χ1) is 17.6. The van der Waals surface area contributed by atoms with Crippen LogP contribution in [0.4, 0.5) is 0 Å². The third-order valence-corrected chi connectivity index (χ3v) is 10.1. The predicted octanol–water partition coefficient (Wildman–Crippen LogP) is 12.3. The maximum absolute atomic E-state index is 6.40. The highest BCUT2D eigenvalue weighted by molar-refractivity contribution is 9.11. The number of thiophene rings is 2. The number of rotatable bonds is 16. The van der Waals surface area contributed by atoms with Gasteiger partial charge in [-0.25, -0.2) is 0 Å². The second kappa shape index (κ2) is 14.4. The molecule has 0 bridgehead atoms. The van der Waals surface area contributed by atoms with Crippen LogP contribution in [0.3, 0.4) is 0 Å². The van der Waals surface area contributed by atoms with Crippen molar-refractivity contribution in [2.75, 3.05) is 13.2 Å². The minimum absolute atomic E-state index is 0.745. The lowest BCUT2D eigenvalue weighted by molar-refractivity contribution is 0.259. The van der Waals surface area contributed by atoms with Gasteiger partial charge in [-0.2, -0.15) is 0 Å². The summed E-state index contributed by atoms with van der Waals surface area (Å²) in [6, 6.07) is 8.98. The van der Waals surface area contributed by atoms with Gasteiger partial charge in [0.25, 0.3) is 0 Å². The van der Waals surface area contributed by atoms with E-state index in [1.807, 2.05) is 0 Å². The Morgan fingerprint density at radius 1 is 0.528 bits per heavy atom. The van der Waals surface area contributed by atoms with Crippen LogP contribution >= 0.6 is 54.5 Å². The van der Waals surface area contributed by atoms with Gasteiger partial charge in [-0.15, -0.1) is 22.7 Å². The van der Waals surface area contributed by atoms with E-state index in [0.29, 0.717) is 0 Å². The number of ether oxygens (including phenoxy) is 2. The largest absolute Gasteiger partial charge is 0.490 e. The normalized spacial score (nSPS) is 11.8. The van der Waals surface area contributed by atoms with Crippen LogP contribution in [0, 0.1) is 0 Å². The first-order valence-corrected chi connectivity index (χ1v) is 16.9. The summed E-state index contributed by atoms with van der Waals surface area (Å²) in [5, 5.41) is 5.12. The molecule has 2 aromatic carbocycles. The third-order valence-electron chi connectivity index (χ3n) is 6.78. The van der Waals surface area contributed by atoms with Crippen LogP contribution < -0.4 is 9.47 Å². The molecule has 0 atom stereocenters. The van der Waals surface area contributed by atoms with Gasteiger partial charge < -0.3 is 9.47 Å². The molecule has 4 rings (SSSR count). The van der Waals surface area contributed by atoms with E-state index in [1.54, 1.807) is 22.7 Å². The van der Waals surface area contributed by atoms with E-state index < -0.39 is 0 Å². The van der Waals surface area contributed by atoms with Crippen LogP contribution in [0.5, 0.6) is 11.5 Å². The van der Waals surface area contributed by atoms with Gasteiger partial charge in [-0.1, -0.05) is 78.1 Å². The number of halogens is 2. The Balaban J connectivity index is 1.58. The average Bonchev–Trinajstić information content (AvgIpc) is 3.45. The first-order valence-electron chi connectivity index (χ1n) is 13.7. The molecule has 0 amide bonds. The summed E-state index contributed by atoms with van der Waals surface area (Å²) in [6.07, 6.45) is 15.1. The van der Waals surface area contributed by atoms with Gasteiger partial charge in [0.2, 0.25) is 0 Å². The van der Waals surface area contributed by atoms with Gasteiger partial charge in [0.1, 0.15) is 0 Å². The van der Waals surface area contributed by atoms with Crippen LogP contribution in [0.2, 0.25) is 0 Å². The van der Waals surface area contributed by atoms with Gasteiger partial charge in [0, 0.05) is 30.9 Å². The molecule has 0 fully saturated rings. The fourth-order valence-corrected chi connectivity index (χ4v) is 8.10. The summed E-state index contributed by atoms with van der Waals surface area (Å²) in [5.41, 5.74) is 0. The van der Waals surface area contributed by atoms with Crippen LogP contribution in [0.25, 0.3) is 30.9 Å². The Morgan fingerprint density at radius 3 is 1.31 bits per heavy atom. The van der Waals surface area contributed by atoms with Gasteiger partial charge in [-0.05, 0) is 69.0 Å². The van der Waals surface area contributed by atoms with Crippen molar-refractivity contribution < 1.29 is 9.47 Å². The molecule has 0 aliphatic carbocycles. The van der Waals surface area contributed by atoms with Crippen molar-refractivity contribution in [2.24, 2.45) is 0 Å². The fraction of sp³-hybridized carbons (Fsp3) is 0.533. The maximum atomic E-state index is 6.40. The highest BCUT2D eigenvalue weighted by Gasteiger charge is 2.18. The Labute approximate surface area is 241 Å². The monoisotopic (exact) mass is 652 g/mol. The van der Waals surface area contributed by atoms with Crippen molar-refractivity contribution in [1.29, 1.82) is 0 Å². The molecular formula is C30H38Br2O2S2. The van der Waals surface area contributed by atoms with E-state index in [2.05, 4.69) is 70.0 Å². The number of hydrogen-bond acceptors (Lipinski definition) is 4. The lowest BCUT2D eigenvalue weighted by Gasteiger charge is -2.15. The Morgan fingerprint density at radius 2 is 0.889 bits per heavy atom. The predicted molar refractivity (Wildman–Crippen MR) is 168 cm³/mol. The summed E-state index contributed by atoms with van der Waals surface area (Å²) < 4.78 is 17.7. The summed E-state index contributed by atoms with van der Waals surface area (Å²) in [5.74, 6) is 1.78. The smallest absolute Gasteiger partial charge is 0.161 e. The van der Waals surface area contributed by atoms with Gasteiger partial charge >= 0.3 is 0 Å². The minimum Gasteiger partial charge on any atom is -0.490 e. The second-order valence-corrected chi connectivity index (χ2v) is 14.5. The number of hydrogen-bond donors (Lipinski definition) is 0. The molecule has 36 heavy (non-hydrogen) atoms. The summed E-state index contributed by atoms with van der Waals surface area (Å²) >= 11 is 11.1. The summed E-state index contributed by atoms with van der Waals surface area (Å²) in [7, 11) is 0. The molecule has 4 aromatic rings. The highest BCUT2D eigenvalue weighted by Crippen LogP contribution is 2.48. The zero-order chi connectivity index (χ0) is 25.3. The van der Waals surface area contributed by atoms with E-state index >= 15 is 0 Å². The van der Waals surface area contributed by atoms with Gasteiger partial charge in [0.05, 0.1) is 20.8 Å². The van der Waals surface area contributed by atoms with Crippen molar-refractivity contribution in [3.63, 3.8) is 0 Å². The van der Waals surface area contributed by atoms with Crippen molar-refractivity contribution in [3.8, 4) is 11.5 Å². The SMILES string of the molecule is CCCCCCCCOc1cc2c(cc1OCCCCCCCC)c1sc(Br)cc1c1cc(Br)sc12.